The monoisotopic (exact) mass is 338 g/mol. The molecule has 0 saturated carbocycles. The molecule has 0 N–H and O–H groups in total. The van der Waals surface area contributed by atoms with E-state index in [9.17, 15) is 0 Å². The highest BCUT2D eigenvalue weighted by Gasteiger charge is 2.08. The summed E-state index contributed by atoms with van der Waals surface area (Å²) in [6.45, 7) is 0. The van der Waals surface area contributed by atoms with Crippen LogP contribution < -0.4 is 0 Å². The zero-order valence-electron chi connectivity index (χ0n) is 6.48. The Hall–Kier alpha value is 0.430. The predicted molar refractivity (Wildman–Crippen MR) is 67.2 cm³/mol. The molecule has 68 valence electrons. The molecule has 2 rings (SSSR count). The van der Waals surface area contributed by atoms with Gasteiger partial charge in [-0.2, -0.15) is 0 Å². The SMILES string of the molecule is Clc1ccc2sc(Br)c(CBr)c2c1. The number of fused-ring (bicyclic) bond motifs is 1. The smallest absolute Gasteiger partial charge is 0.0751 e. The van der Waals surface area contributed by atoms with Crippen molar-refractivity contribution >= 4 is 64.9 Å². The lowest BCUT2D eigenvalue weighted by Gasteiger charge is -1.94. The summed E-state index contributed by atoms with van der Waals surface area (Å²) in [5.41, 5.74) is 1.28. The van der Waals surface area contributed by atoms with Crippen LogP contribution in [0.2, 0.25) is 5.02 Å². The second-order valence-electron chi connectivity index (χ2n) is 2.63. The van der Waals surface area contributed by atoms with Gasteiger partial charge in [0.2, 0.25) is 0 Å². The molecule has 0 radical (unpaired) electrons. The molecule has 0 nitrogen and oxygen atoms in total. The highest BCUT2D eigenvalue weighted by molar-refractivity contribution is 9.11. The van der Waals surface area contributed by atoms with E-state index in [1.165, 1.54) is 19.4 Å². The molecule has 1 aromatic heterocycles. The molecule has 1 aromatic carbocycles. The number of hydrogen-bond donors (Lipinski definition) is 0. The lowest BCUT2D eigenvalue weighted by Crippen LogP contribution is -1.73. The van der Waals surface area contributed by atoms with Crippen LogP contribution in [0.1, 0.15) is 5.56 Å². The second-order valence-corrected chi connectivity index (χ2v) is 6.00. The maximum atomic E-state index is 5.93. The van der Waals surface area contributed by atoms with Gasteiger partial charge in [0.15, 0.2) is 0 Å². The highest BCUT2D eigenvalue weighted by atomic mass is 79.9. The molecule has 0 saturated heterocycles. The van der Waals surface area contributed by atoms with Gasteiger partial charge in [-0.15, -0.1) is 11.3 Å². The third-order valence-electron chi connectivity index (χ3n) is 1.84. The molecule has 0 aliphatic rings. The summed E-state index contributed by atoms with van der Waals surface area (Å²) in [7, 11) is 0. The molecule has 0 bridgehead atoms. The summed E-state index contributed by atoms with van der Waals surface area (Å²) in [5, 5.41) is 2.88. The van der Waals surface area contributed by atoms with Crippen LogP contribution in [-0.4, -0.2) is 0 Å². The summed E-state index contributed by atoms with van der Waals surface area (Å²) in [4.78, 5) is 0. The summed E-state index contributed by atoms with van der Waals surface area (Å²) in [6, 6.07) is 5.98. The van der Waals surface area contributed by atoms with E-state index >= 15 is 0 Å². The van der Waals surface area contributed by atoms with E-state index in [2.05, 4.69) is 37.9 Å². The lowest BCUT2D eigenvalue weighted by atomic mass is 10.2. The largest absolute Gasteiger partial charge is 0.128 e. The maximum absolute atomic E-state index is 5.93. The average molecular weight is 340 g/mol. The Kier molecular flexibility index (Phi) is 2.98. The highest BCUT2D eigenvalue weighted by Crippen LogP contribution is 2.37. The van der Waals surface area contributed by atoms with Crippen LogP contribution in [0.4, 0.5) is 0 Å². The maximum Gasteiger partial charge on any atom is 0.0751 e. The first-order valence-electron chi connectivity index (χ1n) is 3.65. The normalized spacial score (nSPS) is 11.0. The first-order chi connectivity index (χ1) is 6.22. The van der Waals surface area contributed by atoms with Gasteiger partial charge in [0.05, 0.1) is 3.79 Å². The number of halogens is 3. The van der Waals surface area contributed by atoms with Crippen molar-refractivity contribution in [1.82, 2.24) is 0 Å². The molecular weight excluding hydrogens is 335 g/mol. The molecule has 0 unspecified atom stereocenters. The third kappa shape index (κ3) is 1.80. The Morgan fingerprint density at radius 1 is 1.38 bits per heavy atom. The van der Waals surface area contributed by atoms with E-state index in [1.54, 1.807) is 11.3 Å². The van der Waals surface area contributed by atoms with Crippen LogP contribution in [0.5, 0.6) is 0 Å². The topological polar surface area (TPSA) is 0 Å². The van der Waals surface area contributed by atoms with Gasteiger partial charge in [-0.1, -0.05) is 27.5 Å². The van der Waals surface area contributed by atoms with Gasteiger partial charge >= 0.3 is 0 Å². The van der Waals surface area contributed by atoms with Crippen molar-refractivity contribution in [3.05, 3.63) is 32.6 Å². The van der Waals surface area contributed by atoms with Gasteiger partial charge in [-0.25, -0.2) is 0 Å². The van der Waals surface area contributed by atoms with Crippen LogP contribution >= 0.6 is 54.8 Å². The van der Waals surface area contributed by atoms with E-state index in [1.807, 2.05) is 12.1 Å². The van der Waals surface area contributed by atoms with Gasteiger partial charge < -0.3 is 0 Å². The fourth-order valence-corrected chi connectivity index (χ4v) is 4.34. The first kappa shape index (κ1) is 9.97. The standard InChI is InChI=1S/C9H5Br2ClS/c10-4-7-6-3-5(12)1-2-8(6)13-9(7)11/h1-3H,4H2. The molecule has 0 aliphatic heterocycles. The average Bonchev–Trinajstić information content (AvgIpc) is 2.40. The number of rotatable bonds is 1. The molecule has 1 heterocycles. The second kappa shape index (κ2) is 3.89. The molecule has 13 heavy (non-hydrogen) atoms. The Morgan fingerprint density at radius 3 is 2.85 bits per heavy atom. The minimum absolute atomic E-state index is 0.792. The molecule has 0 fully saturated rings. The third-order valence-corrected chi connectivity index (χ3v) is 4.60. The number of alkyl halides is 1. The van der Waals surface area contributed by atoms with Crippen LogP contribution in [-0.2, 0) is 5.33 Å². The molecule has 0 aliphatic carbocycles. The molecule has 0 atom stereocenters. The van der Waals surface area contributed by atoms with Crippen molar-refractivity contribution in [3.63, 3.8) is 0 Å². The molecular formula is C9H5Br2ClS. The zero-order valence-corrected chi connectivity index (χ0v) is 11.2. The fourth-order valence-electron chi connectivity index (χ4n) is 1.22. The van der Waals surface area contributed by atoms with Crippen LogP contribution in [0.3, 0.4) is 0 Å². The summed E-state index contributed by atoms with van der Waals surface area (Å²) in [5.74, 6) is 0. The zero-order chi connectivity index (χ0) is 9.42. The van der Waals surface area contributed by atoms with Gasteiger partial charge in [-0.05, 0) is 45.1 Å². The quantitative estimate of drug-likeness (QED) is 0.625. The molecule has 4 heteroatoms. The molecule has 0 spiro atoms. The Balaban J connectivity index is 2.80. The van der Waals surface area contributed by atoms with Crippen molar-refractivity contribution in [2.75, 3.05) is 0 Å². The predicted octanol–water partition coefficient (Wildman–Crippen LogP) is 5.21. The van der Waals surface area contributed by atoms with Crippen molar-refractivity contribution in [2.24, 2.45) is 0 Å². The van der Waals surface area contributed by atoms with Gasteiger partial charge in [0.1, 0.15) is 0 Å². The van der Waals surface area contributed by atoms with E-state index in [-0.39, 0.29) is 0 Å². The summed E-state index contributed by atoms with van der Waals surface area (Å²) < 4.78 is 2.45. The lowest BCUT2D eigenvalue weighted by molar-refractivity contribution is 1.52. The van der Waals surface area contributed by atoms with E-state index in [0.717, 1.165) is 10.4 Å². The Morgan fingerprint density at radius 2 is 2.15 bits per heavy atom. The van der Waals surface area contributed by atoms with E-state index in [4.69, 9.17) is 11.6 Å². The minimum Gasteiger partial charge on any atom is -0.128 e. The fraction of sp³-hybridized carbons (Fsp3) is 0.111. The molecule has 0 amide bonds. The van der Waals surface area contributed by atoms with Gasteiger partial charge in [0, 0.05) is 15.1 Å². The number of thiophene rings is 1. The van der Waals surface area contributed by atoms with Crippen LogP contribution in [0.15, 0.2) is 22.0 Å². The van der Waals surface area contributed by atoms with Crippen molar-refractivity contribution < 1.29 is 0 Å². The summed E-state index contributed by atoms with van der Waals surface area (Å²) >= 11 is 14.7. The van der Waals surface area contributed by atoms with Crippen molar-refractivity contribution in [3.8, 4) is 0 Å². The van der Waals surface area contributed by atoms with Gasteiger partial charge in [0.25, 0.3) is 0 Å². The van der Waals surface area contributed by atoms with E-state index in [0.29, 0.717) is 0 Å². The number of benzene rings is 1. The van der Waals surface area contributed by atoms with Crippen molar-refractivity contribution in [2.45, 2.75) is 5.33 Å². The van der Waals surface area contributed by atoms with Crippen LogP contribution in [0.25, 0.3) is 10.1 Å². The summed E-state index contributed by atoms with van der Waals surface area (Å²) in [6.07, 6.45) is 0. The number of hydrogen-bond acceptors (Lipinski definition) is 1. The van der Waals surface area contributed by atoms with Crippen LogP contribution in [0, 0.1) is 0 Å². The van der Waals surface area contributed by atoms with Gasteiger partial charge in [-0.3, -0.25) is 0 Å². The molecule has 2 aromatic rings. The van der Waals surface area contributed by atoms with Crippen molar-refractivity contribution in [1.29, 1.82) is 0 Å². The minimum atomic E-state index is 0.792. The Bertz CT molecular complexity index is 450. The first-order valence-corrected chi connectivity index (χ1v) is 6.75. The van der Waals surface area contributed by atoms with E-state index < -0.39 is 0 Å². The Labute approximate surface area is 102 Å².